The van der Waals surface area contributed by atoms with E-state index in [1.165, 1.54) is 0 Å². The standard InChI is InChI=1S/C12H13N3O2/c1-7-9-3-2-8(6-10(9)15-14-7)12(17)11(16)4-5-13/h2-3,6,11-12,16-17H,4H2,1H3,(H,14,15). The quantitative estimate of drug-likeness (QED) is 0.739. The zero-order chi connectivity index (χ0) is 12.4. The van der Waals surface area contributed by atoms with Gasteiger partial charge in [0.2, 0.25) is 0 Å². The summed E-state index contributed by atoms with van der Waals surface area (Å²) in [5.41, 5.74) is 2.26. The number of hydrogen-bond donors (Lipinski definition) is 3. The number of benzene rings is 1. The summed E-state index contributed by atoms with van der Waals surface area (Å²) in [6.45, 7) is 1.91. The Bertz CT molecular complexity index is 571. The molecule has 2 atom stereocenters. The molecule has 0 aliphatic rings. The van der Waals surface area contributed by atoms with E-state index in [1.807, 2.05) is 19.1 Å². The molecule has 2 rings (SSSR count). The number of nitrogens with one attached hydrogen (secondary N) is 1. The van der Waals surface area contributed by atoms with E-state index in [0.29, 0.717) is 5.56 Å². The van der Waals surface area contributed by atoms with E-state index in [0.717, 1.165) is 16.6 Å². The number of aliphatic hydroxyl groups is 2. The molecule has 0 fully saturated rings. The van der Waals surface area contributed by atoms with Gasteiger partial charge in [-0.15, -0.1) is 0 Å². The molecule has 0 saturated heterocycles. The van der Waals surface area contributed by atoms with Gasteiger partial charge in [-0.3, -0.25) is 5.10 Å². The Morgan fingerprint density at radius 1 is 1.47 bits per heavy atom. The van der Waals surface area contributed by atoms with Gasteiger partial charge < -0.3 is 10.2 Å². The minimum Gasteiger partial charge on any atom is -0.389 e. The predicted molar refractivity (Wildman–Crippen MR) is 62.0 cm³/mol. The molecule has 0 amide bonds. The van der Waals surface area contributed by atoms with Crippen LogP contribution in [0.1, 0.15) is 23.8 Å². The molecular formula is C12H13N3O2. The smallest absolute Gasteiger partial charge is 0.106 e. The van der Waals surface area contributed by atoms with Crippen LogP contribution in [0.15, 0.2) is 18.2 Å². The summed E-state index contributed by atoms with van der Waals surface area (Å²) >= 11 is 0. The van der Waals surface area contributed by atoms with E-state index in [4.69, 9.17) is 5.26 Å². The second kappa shape index (κ2) is 4.53. The van der Waals surface area contributed by atoms with E-state index in [2.05, 4.69) is 10.2 Å². The van der Waals surface area contributed by atoms with Crippen molar-refractivity contribution in [1.29, 1.82) is 5.26 Å². The van der Waals surface area contributed by atoms with Gasteiger partial charge in [0.05, 0.1) is 24.1 Å². The van der Waals surface area contributed by atoms with Crippen LogP contribution in [0.4, 0.5) is 0 Å². The van der Waals surface area contributed by atoms with Crippen LogP contribution in [-0.2, 0) is 0 Å². The van der Waals surface area contributed by atoms with Crippen LogP contribution < -0.4 is 0 Å². The first-order valence-electron chi connectivity index (χ1n) is 5.31. The monoisotopic (exact) mass is 231 g/mol. The first-order chi connectivity index (χ1) is 8.13. The lowest BCUT2D eigenvalue weighted by Gasteiger charge is -2.15. The van der Waals surface area contributed by atoms with Gasteiger partial charge in [-0.2, -0.15) is 10.4 Å². The average Bonchev–Trinajstić information content (AvgIpc) is 2.70. The van der Waals surface area contributed by atoms with Crippen molar-refractivity contribution >= 4 is 10.9 Å². The lowest BCUT2D eigenvalue weighted by molar-refractivity contribution is 0.0217. The fourth-order valence-corrected chi connectivity index (χ4v) is 1.77. The van der Waals surface area contributed by atoms with Crippen LogP contribution in [0.2, 0.25) is 0 Å². The van der Waals surface area contributed by atoms with Gasteiger partial charge in [-0.1, -0.05) is 12.1 Å². The maximum atomic E-state index is 9.85. The number of hydrogen-bond acceptors (Lipinski definition) is 4. The highest BCUT2D eigenvalue weighted by Crippen LogP contribution is 2.23. The number of aromatic amines is 1. The minimum atomic E-state index is -1.07. The highest BCUT2D eigenvalue weighted by molar-refractivity contribution is 5.81. The van der Waals surface area contributed by atoms with Gasteiger partial charge in [-0.05, 0) is 18.6 Å². The Morgan fingerprint density at radius 3 is 2.94 bits per heavy atom. The normalized spacial score (nSPS) is 14.5. The van der Waals surface area contributed by atoms with Crippen LogP contribution in [0.3, 0.4) is 0 Å². The first-order valence-corrected chi connectivity index (χ1v) is 5.31. The summed E-state index contributed by atoms with van der Waals surface area (Å²) in [5, 5.41) is 35.8. The third-order valence-corrected chi connectivity index (χ3v) is 2.78. The fraction of sp³-hybridized carbons (Fsp3) is 0.333. The van der Waals surface area contributed by atoms with Crippen molar-refractivity contribution in [2.24, 2.45) is 0 Å². The number of aliphatic hydroxyl groups excluding tert-OH is 2. The molecule has 88 valence electrons. The van der Waals surface area contributed by atoms with Crippen LogP contribution in [0.25, 0.3) is 10.9 Å². The van der Waals surface area contributed by atoms with Gasteiger partial charge in [0.25, 0.3) is 0 Å². The van der Waals surface area contributed by atoms with Crippen LogP contribution in [-0.4, -0.2) is 26.5 Å². The summed E-state index contributed by atoms with van der Waals surface area (Å²) < 4.78 is 0. The van der Waals surface area contributed by atoms with E-state index >= 15 is 0 Å². The number of nitriles is 1. The fourth-order valence-electron chi connectivity index (χ4n) is 1.77. The Labute approximate surface area is 98.3 Å². The van der Waals surface area contributed by atoms with Crippen molar-refractivity contribution in [3.8, 4) is 6.07 Å². The maximum Gasteiger partial charge on any atom is 0.106 e. The highest BCUT2D eigenvalue weighted by Gasteiger charge is 2.18. The van der Waals surface area contributed by atoms with Gasteiger partial charge in [0, 0.05) is 11.1 Å². The van der Waals surface area contributed by atoms with E-state index in [-0.39, 0.29) is 6.42 Å². The summed E-state index contributed by atoms with van der Waals surface area (Å²) in [6, 6.07) is 7.11. The third kappa shape index (κ3) is 2.13. The van der Waals surface area contributed by atoms with Crippen molar-refractivity contribution in [2.75, 3.05) is 0 Å². The molecule has 5 heteroatoms. The van der Waals surface area contributed by atoms with Crippen molar-refractivity contribution in [1.82, 2.24) is 10.2 Å². The first kappa shape index (κ1) is 11.6. The molecule has 2 aromatic rings. The lowest BCUT2D eigenvalue weighted by atomic mass is 10.0. The maximum absolute atomic E-state index is 9.85. The van der Waals surface area contributed by atoms with Crippen LogP contribution >= 0.6 is 0 Å². The molecule has 17 heavy (non-hydrogen) atoms. The molecule has 0 bridgehead atoms. The summed E-state index contributed by atoms with van der Waals surface area (Å²) in [4.78, 5) is 0. The molecule has 0 radical (unpaired) electrons. The van der Waals surface area contributed by atoms with Gasteiger partial charge in [0.15, 0.2) is 0 Å². The number of nitrogens with zero attached hydrogens (tertiary/aromatic N) is 2. The van der Waals surface area contributed by atoms with Crippen molar-refractivity contribution in [2.45, 2.75) is 25.6 Å². The predicted octanol–water partition coefficient (Wildman–Crippen LogP) is 1.18. The number of fused-ring (bicyclic) bond motifs is 1. The van der Waals surface area contributed by atoms with E-state index < -0.39 is 12.2 Å². The second-order valence-corrected chi connectivity index (χ2v) is 4.00. The van der Waals surface area contributed by atoms with Crippen molar-refractivity contribution in [3.05, 3.63) is 29.5 Å². The Morgan fingerprint density at radius 2 is 2.24 bits per heavy atom. The minimum absolute atomic E-state index is 0.0984. The Hall–Kier alpha value is -1.90. The molecular weight excluding hydrogens is 218 g/mol. The molecule has 5 nitrogen and oxygen atoms in total. The van der Waals surface area contributed by atoms with Crippen LogP contribution in [0, 0.1) is 18.3 Å². The number of aryl methyl sites for hydroxylation is 1. The Kier molecular flexibility index (Phi) is 3.09. The SMILES string of the molecule is Cc1[nH]nc2cc(C(O)C(O)CC#N)ccc12. The molecule has 1 heterocycles. The van der Waals surface area contributed by atoms with E-state index in [9.17, 15) is 10.2 Å². The number of rotatable bonds is 3. The lowest BCUT2D eigenvalue weighted by Crippen LogP contribution is -2.17. The molecule has 2 unspecified atom stereocenters. The molecule has 0 aliphatic carbocycles. The number of aromatic nitrogens is 2. The molecule has 0 aliphatic heterocycles. The molecule has 3 N–H and O–H groups in total. The van der Waals surface area contributed by atoms with Crippen LogP contribution in [0.5, 0.6) is 0 Å². The summed E-state index contributed by atoms with van der Waals surface area (Å²) in [6.07, 6.45) is -2.23. The zero-order valence-electron chi connectivity index (χ0n) is 9.38. The topological polar surface area (TPSA) is 92.9 Å². The van der Waals surface area contributed by atoms with Crippen molar-refractivity contribution in [3.63, 3.8) is 0 Å². The van der Waals surface area contributed by atoms with Gasteiger partial charge in [-0.25, -0.2) is 0 Å². The molecule has 0 saturated carbocycles. The molecule has 1 aromatic carbocycles. The summed E-state index contributed by atoms with van der Waals surface area (Å²) in [7, 11) is 0. The summed E-state index contributed by atoms with van der Waals surface area (Å²) in [5.74, 6) is 0. The zero-order valence-corrected chi connectivity index (χ0v) is 9.38. The number of H-pyrrole nitrogens is 1. The van der Waals surface area contributed by atoms with Gasteiger partial charge in [0.1, 0.15) is 6.10 Å². The van der Waals surface area contributed by atoms with Crippen molar-refractivity contribution < 1.29 is 10.2 Å². The third-order valence-electron chi connectivity index (χ3n) is 2.78. The van der Waals surface area contributed by atoms with E-state index in [1.54, 1.807) is 12.1 Å². The molecule has 0 spiro atoms. The second-order valence-electron chi connectivity index (χ2n) is 4.00. The Balaban J connectivity index is 2.33. The average molecular weight is 231 g/mol. The highest BCUT2D eigenvalue weighted by atomic mass is 16.3. The van der Waals surface area contributed by atoms with Gasteiger partial charge >= 0.3 is 0 Å². The molecule has 1 aromatic heterocycles. The largest absolute Gasteiger partial charge is 0.389 e.